The fourth-order valence-electron chi connectivity index (χ4n) is 2.02. The number of amides is 1. The van der Waals surface area contributed by atoms with Gasteiger partial charge in [0.1, 0.15) is 5.82 Å². The number of aromatic nitrogens is 1. The molecule has 4 heteroatoms. The fourth-order valence-corrected chi connectivity index (χ4v) is 2.02. The molecule has 2 N–H and O–H groups in total. The zero-order valence-corrected chi connectivity index (χ0v) is 12.0. The molecular weight excluding hydrogens is 250 g/mol. The van der Waals surface area contributed by atoms with Gasteiger partial charge in [-0.25, -0.2) is 4.98 Å². The number of nitrogens with one attached hydrogen (secondary N) is 2. The molecule has 0 radical (unpaired) electrons. The van der Waals surface area contributed by atoms with Crippen LogP contribution in [0.5, 0.6) is 0 Å². The van der Waals surface area contributed by atoms with Crippen LogP contribution in [-0.4, -0.2) is 17.9 Å². The Bertz CT molecular complexity index is 608. The molecule has 0 aliphatic heterocycles. The van der Waals surface area contributed by atoms with Crippen LogP contribution in [0.1, 0.15) is 35.7 Å². The highest BCUT2D eigenvalue weighted by Gasteiger charge is 2.11. The molecule has 2 aromatic rings. The van der Waals surface area contributed by atoms with Crippen molar-refractivity contribution in [1.29, 1.82) is 0 Å². The molecule has 0 aliphatic carbocycles. The van der Waals surface area contributed by atoms with Gasteiger partial charge < -0.3 is 10.6 Å². The number of carbonyl (C=O) groups excluding carboxylic acids is 1. The van der Waals surface area contributed by atoms with E-state index in [-0.39, 0.29) is 5.91 Å². The molecule has 1 amide bonds. The van der Waals surface area contributed by atoms with Gasteiger partial charge in [-0.3, -0.25) is 4.79 Å². The second kappa shape index (κ2) is 6.19. The Hall–Kier alpha value is -2.36. The second-order valence-electron chi connectivity index (χ2n) is 4.88. The normalized spacial score (nSPS) is 10.4. The molecule has 0 bridgehead atoms. The Kier molecular flexibility index (Phi) is 4.35. The predicted octanol–water partition coefficient (Wildman–Crippen LogP) is 3.50. The number of hydrogen-bond donors (Lipinski definition) is 2. The first-order chi connectivity index (χ1) is 9.61. The zero-order valence-electron chi connectivity index (χ0n) is 12.0. The van der Waals surface area contributed by atoms with E-state index in [9.17, 15) is 4.79 Å². The van der Waals surface area contributed by atoms with Crippen molar-refractivity contribution >= 4 is 17.4 Å². The van der Waals surface area contributed by atoms with Gasteiger partial charge in [0, 0.05) is 24.5 Å². The number of carbonyl (C=O) groups is 1. The number of nitrogens with zero attached hydrogens (tertiary/aromatic N) is 1. The molecule has 0 saturated heterocycles. The molecule has 0 atom stereocenters. The molecule has 20 heavy (non-hydrogen) atoms. The quantitative estimate of drug-likeness (QED) is 0.893. The first-order valence-corrected chi connectivity index (χ1v) is 6.66. The van der Waals surface area contributed by atoms with Crippen molar-refractivity contribution in [1.82, 2.24) is 4.98 Å². The Morgan fingerprint density at radius 2 is 1.95 bits per heavy atom. The second-order valence-corrected chi connectivity index (χ2v) is 4.88. The zero-order chi connectivity index (χ0) is 14.5. The van der Waals surface area contributed by atoms with Gasteiger partial charge in [0.05, 0.1) is 0 Å². The van der Waals surface area contributed by atoms with Crippen molar-refractivity contribution in [2.75, 3.05) is 17.7 Å². The molecule has 1 heterocycles. The van der Waals surface area contributed by atoms with Crippen LogP contribution in [0.25, 0.3) is 0 Å². The third-order valence-corrected chi connectivity index (χ3v) is 3.11. The smallest absolute Gasteiger partial charge is 0.255 e. The summed E-state index contributed by atoms with van der Waals surface area (Å²) < 4.78 is 0. The first kappa shape index (κ1) is 14.1. The van der Waals surface area contributed by atoms with Gasteiger partial charge in [-0.15, -0.1) is 0 Å². The average Bonchev–Trinajstić information content (AvgIpc) is 2.47. The summed E-state index contributed by atoms with van der Waals surface area (Å²) in [5.41, 5.74) is 2.57. The number of benzene rings is 1. The minimum Gasteiger partial charge on any atom is -0.373 e. The van der Waals surface area contributed by atoms with Crippen LogP contribution >= 0.6 is 0 Å². The Morgan fingerprint density at radius 3 is 2.65 bits per heavy atom. The van der Waals surface area contributed by atoms with Crippen molar-refractivity contribution in [2.45, 2.75) is 19.8 Å². The van der Waals surface area contributed by atoms with Crippen molar-refractivity contribution in [3.63, 3.8) is 0 Å². The van der Waals surface area contributed by atoms with Gasteiger partial charge in [-0.1, -0.05) is 32.0 Å². The third kappa shape index (κ3) is 3.15. The molecule has 0 aliphatic rings. The maximum absolute atomic E-state index is 12.3. The molecule has 2 rings (SSSR count). The molecular formula is C16H19N3O. The summed E-state index contributed by atoms with van der Waals surface area (Å²) in [6.07, 6.45) is 1.62. The summed E-state index contributed by atoms with van der Waals surface area (Å²) in [5, 5.41) is 5.89. The number of rotatable bonds is 4. The number of hydrogen-bond acceptors (Lipinski definition) is 3. The summed E-state index contributed by atoms with van der Waals surface area (Å²) >= 11 is 0. The third-order valence-electron chi connectivity index (χ3n) is 3.11. The first-order valence-electron chi connectivity index (χ1n) is 6.66. The molecule has 4 nitrogen and oxygen atoms in total. The van der Waals surface area contributed by atoms with Crippen LogP contribution in [-0.2, 0) is 0 Å². The maximum atomic E-state index is 12.3. The van der Waals surface area contributed by atoms with E-state index in [1.54, 1.807) is 25.4 Å². The Balaban J connectivity index is 2.23. The van der Waals surface area contributed by atoms with Gasteiger partial charge in [0.25, 0.3) is 5.91 Å². The van der Waals surface area contributed by atoms with E-state index in [4.69, 9.17) is 0 Å². The van der Waals surface area contributed by atoms with Crippen molar-refractivity contribution in [2.24, 2.45) is 0 Å². The lowest BCUT2D eigenvalue weighted by atomic mass is 10.0. The highest BCUT2D eigenvalue weighted by atomic mass is 16.1. The van der Waals surface area contributed by atoms with Crippen LogP contribution in [0.3, 0.4) is 0 Å². The summed E-state index contributed by atoms with van der Waals surface area (Å²) in [6, 6.07) is 11.3. The molecule has 0 spiro atoms. The molecule has 1 aromatic carbocycles. The van der Waals surface area contributed by atoms with E-state index < -0.39 is 0 Å². The van der Waals surface area contributed by atoms with Gasteiger partial charge in [0.15, 0.2) is 0 Å². The summed E-state index contributed by atoms with van der Waals surface area (Å²) in [7, 11) is 1.78. The molecule has 1 aromatic heterocycles. The van der Waals surface area contributed by atoms with Crippen LogP contribution < -0.4 is 10.6 Å². The van der Waals surface area contributed by atoms with Crippen LogP contribution in [0.2, 0.25) is 0 Å². The SMILES string of the molecule is CNc1cc(C(=O)Nc2ccccc2C(C)C)ccn1. The lowest BCUT2D eigenvalue weighted by Gasteiger charge is -2.13. The van der Waals surface area contributed by atoms with Gasteiger partial charge >= 0.3 is 0 Å². The highest BCUT2D eigenvalue weighted by Crippen LogP contribution is 2.24. The van der Waals surface area contributed by atoms with E-state index in [1.165, 1.54) is 0 Å². The van der Waals surface area contributed by atoms with E-state index in [1.807, 2.05) is 24.3 Å². The molecule has 0 fully saturated rings. The molecule has 0 saturated carbocycles. The van der Waals surface area contributed by atoms with E-state index in [2.05, 4.69) is 29.5 Å². The monoisotopic (exact) mass is 269 g/mol. The summed E-state index contributed by atoms with van der Waals surface area (Å²) in [5.74, 6) is 0.906. The largest absolute Gasteiger partial charge is 0.373 e. The van der Waals surface area contributed by atoms with Crippen LogP contribution in [0.4, 0.5) is 11.5 Å². The highest BCUT2D eigenvalue weighted by molar-refractivity contribution is 6.05. The van der Waals surface area contributed by atoms with Gasteiger partial charge in [-0.05, 0) is 29.7 Å². The van der Waals surface area contributed by atoms with Crippen molar-refractivity contribution in [3.8, 4) is 0 Å². The standard InChI is InChI=1S/C16H19N3O/c1-11(2)13-6-4-5-7-14(13)19-16(20)12-8-9-18-15(10-12)17-3/h4-11H,1-3H3,(H,17,18)(H,19,20). The number of para-hydroxylation sites is 1. The average molecular weight is 269 g/mol. The Labute approximate surface area is 119 Å². The minimum absolute atomic E-state index is 0.128. The molecule has 104 valence electrons. The van der Waals surface area contributed by atoms with E-state index in [0.29, 0.717) is 17.3 Å². The van der Waals surface area contributed by atoms with Gasteiger partial charge in [-0.2, -0.15) is 0 Å². The Morgan fingerprint density at radius 1 is 1.20 bits per heavy atom. The maximum Gasteiger partial charge on any atom is 0.255 e. The topological polar surface area (TPSA) is 54.0 Å². The van der Waals surface area contributed by atoms with Gasteiger partial charge in [0.2, 0.25) is 0 Å². The number of pyridine rings is 1. The fraction of sp³-hybridized carbons (Fsp3) is 0.250. The lowest BCUT2D eigenvalue weighted by Crippen LogP contribution is -2.14. The lowest BCUT2D eigenvalue weighted by molar-refractivity contribution is 0.102. The predicted molar refractivity (Wildman–Crippen MR) is 82.3 cm³/mol. The minimum atomic E-state index is -0.128. The summed E-state index contributed by atoms with van der Waals surface area (Å²) in [6.45, 7) is 4.22. The van der Waals surface area contributed by atoms with Crippen LogP contribution in [0, 0.1) is 0 Å². The van der Waals surface area contributed by atoms with E-state index in [0.717, 1.165) is 11.3 Å². The molecule has 0 unspecified atom stereocenters. The van der Waals surface area contributed by atoms with Crippen molar-refractivity contribution in [3.05, 3.63) is 53.7 Å². The van der Waals surface area contributed by atoms with E-state index >= 15 is 0 Å². The summed E-state index contributed by atoms with van der Waals surface area (Å²) in [4.78, 5) is 16.4. The van der Waals surface area contributed by atoms with Crippen LogP contribution in [0.15, 0.2) is 42.6 Å². The van der Waals surface area contributed by atoms with Crippen molar-refractivity contribution < 1.29 is 4.79 Å². The number of anilines is 2.